The zero-order chi connectivity index (χ0) is 12.1. The van der Waals surface area contributed by atoms with Gasteiger partial charge in [-0.25, -0.2) is 4.68 Å². The smallest absolute Gasteiger partial charge is 0.268 e. The van der Waals surface area contributed by atoms with Crippen LogP contribution in [0.1, 0.15) is 13.8 Å². The first kappa shape index (κ1) is 13.1. The van der Waals surface area contributed by atoms with E-state index >= 15 is 0 Å². The normalized spacial score (nSPS) is 10.2. The average Bonchev–Trinajstić information content (AvgIpc) is 2.24. The van der Waals surface area contributed by atoms with Crippen LogP contribution in [-0.2, 0) is 11.3 Å². The molecule has 0 N–H and O–H groups in total. The molecule has 16 heavy (non-hydrogen) atoms. The first-order valence-electron chi connectivity index (χ1n) is 5.09. The van der Waals surface area contributed by atoms with Gasteiger partial charge >= 0.3 is 0 Å². The van der Waals surface area contributed by atoms with E-state index < -0.39 is 0 Å². The summed E-state index contributed by atoms with van der Waals surface area (Å²) in [5.74, 6) is -0.0826. The number of halogens is 1. The summed E-state index contributed by atoms with van der Waals surface area (Å²) in [6.07, 6.45) is 1.57. The Balaban J connectivity index is 2.81. The third kappa shape index (κ3) is 3.29. The largest absolute Gasteiger partial charge is 0.342 e. The second-order valence-corrected chi connectivity index (χ2v) is 4.48. The van der Waals surface area contributed by atoms with E-state index in [9.17, 15) is 9.59 Å². The Bertz CT molecular complexity index is 426. The summed E-state index contributed by atoms with van der Waals surface area (Å²) in [5.41, 5.74) is -0.243. The first-order valence-corrected chi connectivity index (χ1v) is 6.16. The minimum atomic E-state index is -0.243. The molecule has 0 aromatic carbocycles. The molecular weight excluding hydrogens is 321 g/mol. The summed E-state index contributed by atoms with van der Waals surface area (Å²) in [6.45, 7) is 5.12. The lowest BCUT2D eigenvalue weighted by atomic mass is 10.4. The average molecular weight is 335 g/mol. The van der Waals surface area contributed by atoms with Crippen molar-refractivity contribution in [3.8, 4) is 0 Å². The molecule has 5 nitrogen and oxygen atoms in total. The minimum Gasteiger partial charge on any atom is -0.342 e. The van der Waals surface area contributed by atoms with Crippen molar-refractivity contribution in [3.05, 3.63) is 26.2 Å². The summed E-state index contributed by atoms with van der Waals surface area (Å²) in [7, 11) is 0. The van der Waals surface area contributed by atoms with E-state index in [-0.39, 0.29) is 18.0 Å². The van der Waals surface area contributed by atoms with Crippen molar-refractivity contribution >= 4 is 28.5 Å². The molecule has 0 saturated heterocycles. The quantitative estimate of drug-likeness (QED) is 0.762. The topological polar surface area (TPSA) is 55.2 Å². The van der Waals surface area contributed by atoms with Crippen LogP contribution in [0.4, 0.5) is 0 Å². The number of hydrogen-bond donors (Lipinski definition) is 0. The summed E-state index contributed by atoms with van der Waals surface area (Å²) >= 11 is 2.01. The Labute approximate surface area is 108 Å². The van der Waals surface area contributed by atoms with Gasteiger partial charge in [-0.2, -0.15) is 5.10 Å². The van der Waals surface area contributed by atoms with Gasteiger partial charge in [-0.05, 0) is 36.4 Å². The summed E-state index contributed by atoms with van der Waals surface area (Å²) in [5, 5.41) is 3.92. The SMILES string of the molecule is CCN(CC)C(=O)Cn1ncc(I)cc1=O. The third-order valence-electron chi connectivity index (χ3n) is 2.24. The van der Waals surface area contributed by atoms with E-state index in [0.29, 0.717) is 13.1 Å². The number of hydrogen-bond acceptors (Lipinski definition) is 3. The van der Waals surface area contributed by atoms with Crippen LogP contribution in [0.3, 0.4) is 0 Å². The molecule has 0 aliphatic carbocycles. The van der Waals surface area contributed by atoms with Crippen LogP contribution in [-0.4, -0.2) is 33.7 Å². The van der Waals surface area contributed by atoms with Crippen molar-refractivity contribution in [2.75, 3.05) is 13.1 Å². The molecule has 0 aliphatic heterocycles. The number of carbonyl (C=O) groups excluding carboxylic acids is 1. The maximum atomic E-state index is 11.7. The molecule has 0 saturated carbocycles. The molecular formula is C10H14IN3O2. The molecule has 0 fully saturated rings. The molecule has 1 aromatic heterocycles. The van der Waals surface area contributed by atoms with Crippen LogP contribution < -0.4 is 5.56 Å². The predicted molar refractivity (Wildman–Crippen MR) is 69.1 cm³/mol. The molecule has 1 rings (SSSR count). The fourth-order valence-corrected chi connectivity index (χ4v) is 1.73. The van der Waals surface area contributed by atoms with Gasteiger partial charge in [0.1, 0.15) is 6.54 Å². The number of nitrogens with zero attached hydrogens (tertiary/aromatic N) is 3. The number of amides is 1. The van der Waals surface area contributed by atoms with Crippen molar-refractivity contribution in [1.82, 2.24) is 14.7 Å². The Kier molecular flexibility index (Phi) is 4.91. The summed E-state index contributed by atoms with van der Waals surface area (Å²) in [6, 6.07) is 1.46. The van der Waals surface area contributed by atoms with E-state index in [1.807, 2.05) is 36.4 Å². The van der Waals surface area contributed by atoms with E-state index in [1.165, 1.54) is 10.7 Å². The number of rotatable bonds is 4. The summed E-state index contributed by atoms with van der Waals surface area (Å²) in [4.78, 5) is 24.9. The highest BCUT2D eigenvalue weighted by atomic mass is 127. The maximum Gasteiger partial charge on any atom is 0.268 e. The lowest BCUT2D eigenvalue weighted by Crippen LogP contribution is -2.37. The minimum absolute atomic E-state index is 0.0113. The van der Waals surface area contributed by atoms with Gasteiger partial charge in [0.15, 0.2) is 0 Å². The molecule has 0 bridgehead atoms. The van der Waals surface area contributed by atoms with Gasteiger partial charge in [0, 0.05) is 22.7 Å². The molecule has 0 atom stereocenters. The highest BCUT2D eigenvalue weighted by Crippen LogP contribution is 1.96. The molecule has 1 heterocycles. The Morgan fingerprint density at radius 1 is 1.50 bits per heavy atom. The maximum absolute atomic E-state index is 11.7. The van der Waals surface area contributed by atoms with Gasteiger partial charge in [0.2, 0.25) is 5.91 Å². The lowest BCUT2D eigenvalue weighted by Gasteiger charge is -2.18. The van der Waals surface area contributed by atoms with Crippen LogP contribution in [0, 0.1) is 3.57 Å². The lowest BCUT2D eigenvalue weighted by molar-refractivity contribution is -0.131. The Hall–Kier alpha value is -0.920. The van der Waals surface area contributed by atoms with Crippen LogP contribution in [0.15, 0.2) is 17.1 Å². The standard InChI is InChI=1S/C10H14IN3O2/c1-3-13(4-2)10(16)7-14-9(15)5-8(11)6-12-14/h5-6H,3-4,7H2,1-2H3. The number of likely N-dealkylation sites (N-methyl/N-ethyl adjacent to an activating group) is 1. The van der Waals surface area contributed by atoms with E-state index in [0.717, 1.165) is 3.57 Å². The molecule has 0 radical (unpaired) electrons. The van der Waals surface area contributed by atoms with Gasteiger partial charge in [0.05, 0.1) is 6.20 Å². The zero-order valence-electron chi connectivity index (χ0n) is 9.31. The highest BCUT2D eigenvalue weighted by molar-refractivity contribution is 14.1. The highest BCUT2D eigenvalue weighted by Gasteiger charge is 2.11. The van der Waals surface area contributed by atoms with Gasteiger partial charge in [-0.1, -0.05) is 0 Å². The fourth-order valence-electron chi connectivity index (χ4n) is 1.33. The van der Waals surface area contributed by atoms with Crippen LogP contribution in [0.25, 0.3) is 0 Å². The molecule has 0 spiro atoms. The summed E-state index contributed by atoms with van der Waals surface area (Å²) < 4.78 is 1.96. The van der Waals surface area contributed by atoms with Gasteiger partial charge in [0.25, 0.3) is 5.56 Å². The number of aromatic nitrogens is 2. The van der Waals surface area contributed by atoms with E-state index in [2.05, 4.69) is 5.10 Å². The monoisotopic (exact) mass is 335 g/mol. The van der Waals surface area contributed by atoms with Crippen LogP contribution in [0.2, 0.25) is 0 Å². The molecule has 6 heteroatoms. The van der Waals surface area contributed by atoms with Crippen molar-refractivity contribution in [3.63, 3.8) is 0 Å². The fraction of sp³-hybridized carbons (Fsp3) is 0.500. The zero-order valence-corrected chi connectivity index (χ0v) is 11.5. The third-order valence-corrected chi connectivity index (χ3v) is 2.83. The Morgan fingerprint density at radius 2 is 2.12 bits per heavy atom. The molecule has 1 amide bonds. The molecule has 1 aromatic rings. The first-order chi connectivity index (χ1) is 7.58. The van der Waals surface area contributed by atoms with Crippen molar-refractivity contribution < 1.29 is 4.79 Å². The van der Waals surface area contributed by atoms with Crippen molar-refractivity contribution in [2.45, 2.75) is 20.4 Å². The van der Waals surface area contributed by atoms with Crippen LogP contribution >= 0.6 is 22.6 Å². The van der Waals surface area contributed by atoms with Crippen molar-refractivity contribution in [2.24, 2.45) is 0 Å². The van der Waals surface area contributed by atoms with Gasteiger partial charge < -0.3 is 4.90 Å². The van der Waals surface area contributed by atoms with Gasteiger partial charge in [-0.15, -0.1) is 0 Å². The molecule has 88 valence electrons. The van der Waals surface area contributed by atoms with E-state index in [1.54, 1.807) is 11.1 Å². The van der Waals surface area contributed by atoms with E-state index in [4.69, 9.17) is 0 Å². The number of carbonyl (C=O) groups is 1. The van der Waals surface area contributed by atoms with Crippen molar-refractivity contribution in [1.29, 1.82) is 0 Å². The Morgan fingerprint density at radius 3 is 2.62 bits per heavy atom. The predicted octanol–water partition coefficient (Wildman–Crippen LogP) is 0.716. The molecule has 0 aliphatic rings. The van der Waals surface area contributed by atoms with Gasteiger partial charge in [-0.3, -0.25) is 9.59 Å². The second-order valence-electron chi connectivity index (χ2n) is 3.24. The molecule has 0 unspecified atom stereocenters. The second kappa shape index (κ2) is 5.97. The van der Waals surface area contributed by atoms with Crippen LogP contribution in [0.5, 0.6) is 0 Å².